The molecule has 2 aliphatic heterocycles. The minimum absolute atomic E-state index is 0.137. The quantitative estimate of drug-likeness (QED) is 0.281. The fourth-order valence-electron chi connectivity index (χ4n) is 9.02. The number of hydrogen-bond donors (Lipinski definition) is 0. The summed E-state index contributed by atoms with van der Waals surface area (Å²) in [5, 5.41) is 10.0. The Morgan fingerprint density at radius 2 is 0.881 bits per heavy atom. The van der Waals surface area contributed by atoms with Gasteiger partial charge in [-0.15, -0.1) is 0 Å². The molecular formula is C35H49NO4Si2. The maximum absolute atomic E-state index is 10.6. The van der Waals surface area contributed by atoms with E-state index in [9.17, 15) is 5.26 Å². The first kappa shape index (κ1) is 29.6. The lowest BCUT2D eigenvalue weighted by Crippen LogP contribution is -2.59. The van der Waals surface area contributed by atoms with E-state index in [0.717, 1.165) is 29.4 Å². The van der Waals surface area contributed by atoms with Crippen LogP contribution in [-0.4, -0.2) is 17.1 Å². The summed E-state index contributed by atoms with van der Waals surface area (Å²) in [7, 11) is -5.47. The van der Waals surface area contributed by atoms with E-state index in [1.54, 1.807) is 0 Å². The first-order chi connectivity index (χ1) is 19.0. The summed E-state index contributed by atoms with van der Waals surface area (Å²) in [6.45, 7) is 31.4. The maximum atomic E-state index is 10.6. The lowest BCUT2D eigenvalue weighted by Gasteiger charge is -2.55. The van der Waals surface area contributed by atoms with E-state index in [1.807, 2.05) is 0 Å². The molecule has 0 spiro atoms. The summed E-state index contributed by atoms with van der Waals surface area (Å²) >= 11 is 0. The minimum atomic E-state index is -2.74. The van der Waals surface area contributed by atoms with Crippen molar-refractivity contribution in [3.63, 3.8) is 0 Å². The predicted molar refractivity (Wildman–Crippen MR) is 172 cm³/mol. The molecule has 0 saturated heterocycles. The number of benzene rings is 2. The predicted octanol–water partition coefficient (Wildman–Crippen LogP) is 9.78. The van der Waals surface area contributed by atoms with E-state index >= 15 is 0 Å². The van der Waals surface area contributed by atoms with Gasteiger partial charge in [0.15, 0.2) is 0 Å². The highest BCUT2D eigenvalue weighted by molar-refractivity contribution is 6.76. The van der Waals surface area contributed by atoms with Crippen LogP contribution >= 0.6 is 0 Å². The number of fused-ring (bicyclic) bond motifs is 3. The van der Waals surface area contributed by atoms with E-state index < -0.39 is 22.5 Å². The number of rotatable bonds is 0. The second-order valence-corrected chi connectivity index (χ2v) is 27.0. The van der Waals surface area contributed by atoms with Crippen molar-refractivity contribution in [2.45, 2.75) is 134 Å². The van der Waals surface area contributed by atoms with Gasteiger partial charge in [-0.05, 0) is 52.9 Å². The van der Waals surface area contributed by atoms with Crippen molar-refractivity contribution >= 4 is 17.1 Å². The lowest BCUT2D eigenvalue weighted by atomic mass is 9.46. The fourth-order valence-corrected chi connectivity index (χ4v) is 17.9. The molecule has 2 bridgehead atoms. The summed E-state index contributed by atoms with van der Waals surface area (Å²) in [5.41, 5.74) is 3.96. The lowest BCUT2D eigenvalue weighted by molar-refractivity contribution is 0.261. The molecule has 5 nitrogen and oxygen atoms in total. The van der Waals surface area contributed by atoms with Crippen molar-refractivity contribution in [2.75, 3.05) is 0 Å². The Labute approximate surface area is 255 Å². The molecule has 2 heterocycles. The molecule has 226 valence electrons. The van der Waals surface area contributed by atoms with Crippen LogP contribution < -0.4 is 17.7 Å². The highest BCUT2D eigenvalue weighted by Crippen LogP contribution is 2.67. The highest BCUT2D eigenvalue weighted by Gasteiger charge is 2.68. The molecular weight excluding hydrogens is 555 g/mol. The van der Waals surface area contributed by atoms with Gasteiger partial charge in [0, 0.05) is 31.0 Å². The molecule has 0 aromatic heterocycles. The smallest absolute Gasteiger partial charge is 0.471 e. The average molecular weight is 604 g/mol. The Kier molecular flexibility index (Phi) is 5.63. The molecule has 0 saturated carbocycles. The molecule has 3 aliphatic carbocycles. The van der Waals surface area contributed by atoms with Gasteiger partial charge in [-0.3, -0.25) is 0 Å². The molecule has 0 amide bonds. The largest absolute Gasteiger partial charge is 0.508 e. The van der Waals surface area contributed by atoms with Crippen LogP contribution in [0, 0.1) is 17.2 Å². The molecule has 7 rings (SSSR count). The van der Waals surface area contributed by atoms with Crippen LogP contribution in [0.1, 0.15) is 126 Å². The van der Waals surface area contributed by atoms with Crippen LogP contribution in [0.4, 0.5) is 0 Å². The molecule has 0 unspecified atom stereocenters. The Morgan fingerprint density at radius 1 is 0.595 bits per heavy atom. The zero-order valence-corrected chi connectivity index (χ0v) is 30.2. The molecule has 2 aromatic rings. The second kappa shape index (κ2) is 7.98. The zero-order chi connectivity index (χ0) is 31.3. The molecule has 2 aromatic carbocycles. The van der Waals surface area contributed by atoms with E-state index in [2.05, 4.69) is 127 Å². The number of nitrogens with zero attached hydrogens (tertiary/aromatic N) is 1. The van der Waals surface area contributed by atoms with E-state index in [4.69, 9.17) is 17.7 Å². The Bertz CT molecular complexity index is 1430. The van der Waals surface area contributed by atoms with E-state index in [0.29, 0.717) is 0 Å². The summed E-state index contributed by atoms with van der Waals surface area (Å²) in [6, 6.07) is 11.7. The van der Waals surface area contributed by atoms with Crippen molar-refractivity contribution in [2.24, 2.45) is 5.92 Å². The van der Waals surface area contributed by atoms with Gasteiger partial charge >= 0.3 is 17.1 Å². The summed E-state index contributed by atoms with van der Waals surface area (Å²) in [6.07, 6.45) is 0.752. The number of nitriles is 1. The third-order valence-electron chi connectivity index (χ3n) is 10.9. The van der Waals surface area contributed by atoms with Gasteiger partial charge < -0.3 is 17.7 Å². The highest BCUT2D eigenvalue weighted by atomic mass is 28.4. The monoisotopic (exact) mass is 603 g/mol. The summed E-state index contributed by atoms with van der Waals surface area (Å²) in [4.78, 5) is 0. The Hall–Kier alpha value is -2.44. The first-order valence-corrected chi connectivity index (χ1v) is 19.1. The minimum Gasteiger partial charge on any atom is -0.508 e. The normalized spacial score (nSPS) is 28.3. The van der Waals surface area contributed by atoms with Crippen molar-refractivity contribution in [1.82, 2.24) is 0 Å². The van der Waals surface area contributed by atoms with Gasteiger partial charge in [0.25, 0.3) is 0 Å². The van der Waals surface area contributed by atoms with Gasteiger partial charge in [0.1, 0.15) is 23.0 Å². The summed E-state index contributed by atoms with van der Waals surface area (Å²) in [5.74, 6) is 3.18. The van der Waals surface area contributed by atoms with Crippen LogP contribution in [0.3, 0.4) is 0 Å². The van der Waals surface area contributed by atoms with Crippen LogP contribution in [0.15, 0.2) is 24.3 Å². The number of hydrogen-bond acceptors (Lipinski definition) is 5. The molecule has 7 heteroatoms. The molecule has 1 atom stereocenters. The van der Waals surface area contributed by atoms with E-state index in [-0.39, 0.29) is 31.5 Å². The van der Waals surface area contributed by atoms with Crippen molar-refractivity contribution in [1.29, 1.82) is 5.26 Å². The van der Waals surface area contributed by atoms with Gasteiger partial charge in [-0.1, -0.05) is 96.9 Å². The van der Waals surface area contributed by atoms with Crippen LogP contribution in [-0.2, 0) is 10.8 Å². The Balaban J connectivity index is 1.56. The maximum Gasteiger partial charge on any atom is 0.471 e. The van der Waals surface area contributed by atoms with Crippen molar-refractivity contribution < 1.29 is 17.7 Å². The van der Waals surface area contributed by atoms with Gasteiger partial charge in [0.2, 0.25) is 0 Å². The summed E-state index contributed by atoms with van der Waals surface area (Å²) < 4.78 is 28.0. The Morgan fingerprint density at radius 3 is 1.14 bits per heavy atom. The standard InChI is InChI=1S/C35H49NO4Si2/c1-30(2,3)41(31(4,5)6)37-26-15-22-24(17-28(26)39-41)35(14)21(20-36)19-34(22,13)23-16-27-29(18-25(23)35)40-42(38-27,32(7,8)9)33(10,11)12/h15-18,21H,19H2,1-14H3/t21-,34?,35?/m1/s1. The molecule has 42 heavy (non-hydrogen) atoms. The third kappa shape index (κ3) is 3.34. The van der Waals surface area contributed by atoms with Gasteiger partial charge in [-0.2, -0.15) is 5.26 Å². The van der Waals surface area contributed by atoms with Crippen molar-refractivity contribution in [3.8, 4) is 29.1 Å². The molecule has 5 aliphatic rings. The van der Waals surface area contributed by atoms with Crippen molar-refractivity contribution in [3.05, 3.63) is 46.5 Å². The second-order valence-electron chi connectivity index (χ2n) is 17.8. The third-order valence-corrected chi connectivity index (χ3v) is 20.8. The first-order valence-electron chi connectivity index (χ1n) is 15.5. The molecule has 0 radical (unpaired) electrons. The van der Waals surface area contributed by atoms with E-state index in [1.165, 1.54) is 22.3 Å². The fraction of sp³-hybridized carbons (Fsp3) is 0.629. The van der Waals surface area contributed by atoms with Crippen LogP contribution in [0.25, 0.3) is 0 Å². The average Bonchev–Trinajstić information content (AvgIpc) is 3.43. The van der Waals surface area contributed by atoms with Gasteiger partial charge in [0.05, 0.1) is 12.0 Å². The van der Waals surface area contributed by atoms with Crippen LogP contribution in [0.2, 0.25) is 20.2 Å². The molecule has 0 fully saturated rings. The van der Waals surface area contributed by atoms with Gasteiger partial charge in [-0.25, -0.2) is 0 Å². The zero-order valence-electron chi connectivity index (χ0n) is 28.2. The topological polar surface area (TPSA) is 60.7 Å². The SMILES string of the molecule is CC12C[C@H](C#N)C(C)(c3cc4c(cc31)O[Si](C(C)(C)C)(C(C)(C)C)O4)c1cc3c(cc12)O[Si](C(C)(C)C)(C(C)(C)C)O3. The van der Waals surface area contributed by atoms with Crippen LogP contribution in [0.5, 0.6) is 23.0 Å². The molecule has 0 N–H and O–H groups in total.